The highest BCUT2D eigenvalue weighted by atomic mass is 127. The first-order valence-corrected chi connectivity index (χ1v) is 4.88. The molecule has 0 aliphatic carbocycles. The average molecular weight is 299 g/mol. The number of rotatable bonds is 2. The van der Waals surface area contributed by atoms with E-state index in [9.17, 15) is 9.59 Å². The zero-order valence-corrected chi connectivity index (χ0v) is 9.53. The molecule has 0 spiro atoms. The van der Waals surface area contributed by atoms with Crippen LogP contribution in [0.5, 0.6) is 0 Å². The maximum absolute atomic E-state index is 11.2. The third-order valence-electron chi connectivity index (χ3n) is 1.77. The Balaban J connectivity index is 3.56. The van der Waals surface area contributed by atoms with E-state index < -0.39 is 0 Å². The first-order valence-electron chi connectivity index (χ1n) is 3.80. The summed E-state index contributed by atoms with van der Waals surface area (Å²) in [5.74, 6) is -0.200. The first-order chi connectivity index (χ1) is 6.61. The average Bonchev–Trinajstić information content (AvgIpc) is 2.16. The number of carbonyl (C=O) groups excluding carboxylic acids is 2. The van der Waals surface area contributed by atoms with Crippen LogP contribution >= 0.6 is 22.6 Å². The largest absolute Gasteiger partial charge is 0.298 e. The Morgan fingerprint density at radius 3 is 2.64 bits per heavy atom. The predicted molar refractivity (Wildman–Crippen MR) is 59.3 cm³/mol. The molecule has 0 aromatic heterocycles. The SMILES string of the molecule is CC(=O)c1c(C=O)ccc(C#N)c1I. The minimum Gasteiger partial charge on any atom is -0.298 e. The van der Waals surface area contributed by atoms with Crippen LogP contribution in [0.1, 0.15) is 33.2 Å². The van der Waals surface area contributed by atoms with Crippen LogP contribution in [0.25, 0.3) is 0 Å². The van der Waals surface area contributed by atoms with Crippen LogP contribution in [0.4, 0.5) is 0 Å². The molecular formula is C10H6INO2. The number of aldehydes is 1. The van der Waals surface area contributed by atoms with Crippen LogP contribution in [0, 0.1) is 14.9 Å². The molecule has 0 aliphatic rings. The van der Waals surface area contributed by atoms with Crippen LogP contribution in [0.2, 0.25) is 0 Å². The lowest BCUT2D eigenvalue weighted by molar-refractivity contribution is 0.100. The highest BCUT2D eigenvalue weighted by Gasteiger charge is 2.14. The van der Waals surface area contributed by atoms with Crippen molar-refractivity contribution in [1.82, 2.24) is 0 Å². The number of carbonyl (C=O) groups is 2. The molecule has 0 saturated carbocycles. The monoisotopic (exact) mass is 299 g/mol. The number of ketones is 1. The second-order valence-corrected chi connectivity index (χ2v) is 3.76. The maximum atomic E-state index is 11.2. The molecule has 0 aliphatic heterocycles. The van der Waals surface area contributed by atoms with Crippen molar-refractivity contribution in [3.05, 3.63) is 32.4 Å². The molecule has 0 amide bonds. The van der Waals surface area contributed by atoms with Gasteiger partial charge in [0.25, 0.3) is 0 Å². The minimum absolute atomic E-state index is 0.200. The zero-order valence-electron chi connectivity index (χ0n) is 7.37. The fraction of sp³-hybridized carbons (Fsp3) is 0.100. The summed E-state index contributed by atoms with van der Waals surface area (Å²) >= 11 is 1.90. The molecule has 0 atom stereocenters. The molecule has 0 radical (unpaired) electrons. The summed E-state index contributed by atoms with van der Waals surface area (Å²) in [7, 11) is 0. The summed E-state index contributed by atoms with van der Waals surface area (Å²) in [6.45, 7) is 1.38. The van der Waals surface area contributed by atoms with Gasteiger partial charge in [-0.05, 0) is 41.6 Å². The van der Waals surface area contributed by atoms with Gasteiger partial charge in [0.05, 0.1) is 5.56 Å². The summed E-state index contributed by atoms with van der Waals surface area (Å²) in [4.78, 5) is 21.9. The molecule has 1 aromatic carbocycles. The minimum atomic E-state index is -0.200. The second-order valence-electron chi connectivity index (χ2n) is 2.68. The van der Waals surface area contributed by atoms with Gasteiger partial charge in [0.15, 0.2) is 12.1 Å². The molecule has 3 nitrogen and oxygen atoms in total. The van der Waals surface area contributed by atoms with Gasteiger partial charge >= 0.3 is 0 Å². The topological polar surface area (TPSA) is 57.9 Å². The van der Waals surface area contributed by atoms with Crippen molar-refractivity contribution in [3.8, 4) is 6.07 Å². The van der Waals surface area contributed by atoms with Gasteiger partial charge in [0.2, 0.25) is 0 Å². The molecule has 0 bridgehead atoms. The lowest BCUT2D eigenvalue weighted by atomic mass is 10.0. The lowest BCUT2D eigenvalue weighted by Crippen LogP contribution is -2.03. The molecule has 0 N–H and O–H groups in total. The molecule has 4 heteroatoms. The van der Waals surface area contributed by atoms with Gasteiger partial charge in [-0.3, -0.25) is 9.59 Å². The fourth-order valence-electron chi connectivity index (χ4n) is 1.13. The van der Waals surface area contributed by atoms with E-state index in [1.807, 2.05) is 28.7 Å². The van der Waals surface area contributed by atoms with Crippen LogP contribution in [0.15, 0.2) is 12.1 Å². The fourth-order valence-corrected chi connectivity index (χ4v) is 2.12. The molecule has 0 unspecified atom stereocenters. The Bertz CT molecular complexity index is 446. The third-order valence-corrected chi connectivity index (χ3v) is 2.89. The van der Waals surface area contributed by atoms with E-state index in [4.69, 9.17) is 5.26 Å². The van der Waals surface area contributed by atoms with Crippen molar-refractivity contribution < 1.29 is 9.59 Å². The van der Waals surface area contributed by atoms with Crippen molar-refractivity contribution in [2.24, 2.45) is 0 Å². The molecule has 0 fully saturated rings. The predicted octanol–water partition coefficient (Wildman–Crippen LogP) is 2.18. The quantitative estimate of drug-likeness (QED) is 0.478. The van der Waals surface area contributed by atoms with Crippen molar-refractivity contribution in [3.63, 3.8) is 0 Å². The normalized spacial score (nSPS) is 9.21. The molecule has 1 aromatic rings. The van der Waals surface area contributed by atoms with Crippen LogP contribution in [-0.4, -0.2) is 12.1 Å². The Morgan fingerprint density at radius 1 is 1.57 bits per heavy atom. The number of benzene rings is 1. The Labute approximate surface area is 94.9 Å². The van der Waals surface area contributed by atoms with Crippen molar-refractivity contribution in [2.45, 2.75) is 6.92 Å². The highest BCUT2D eigenvalue weighted by Crippen LogP contribution is 2.20. The summed E-state index contributed by atoms with van der Waals surface area (Å²) in [6.07, 6.45) is 0.625. The van der Waals surface area contributed by atoms with Gasteiger partial charge in [-0.15, -0.1) is 0 Å². The Hall–Kier alpha value is -1.22. The Kier molecular flexibility index (Phi) is 3.36. The molecule has 1 rings (SSSR count). The van der Waals surface area contributed by atoms with Gasteiger partial charge in [-0.1, -0.05) is 0 Å². The van der Waals surface area contributed by atoms with E-state index in [1.165, 1.54) is 19.1 Å². The zero-order chi connectivity index (χ0) is 10.7. The molecule has 0 heterocycles. The van der Waals surface area contributed by atoms with Crippen LogP contribution < -0.4 is 0 Å². The lowest BCUT2D eigenvalue weighted by Gasteiger charge is -2.04. The Morgan fingerprint density at radius 2 is 2.21 bits per heavy atom. The van der Waals surface area contributed by atoms with Crippen molar-refractivity contribution in [1.29, 1.82) is 5.26 Å². The number of halogens is 1. The number of hydrogen-bond donors (Lipinski definition) is 0. The highest BCUT2D eigenvalue weighted by molar-refractivity contribution is 14.1. The van der Waals surface area contributed by atoms with Crippen LogP contribution in [-0.2, 0) is 0 Å². The van der Waals surface area contributed by atoms with Gasteiger partial charge < -0.3 is 0 Å². The van der Waals surface area contributed by atoms with Gasteiger partial charge in [-0.2, -0.15) is 5.26 Å². The van der Waals surface area contributed by atoms with E-state index in [1.54, 1.807) is 0 Å². The summed E-state index contributed by atoms with van der Waals surface area (Å²) in [5.41, 5.74) is 1.09. The molecular weight excluding hydrogens is 293 g/mol. The van der Waals surface area contributed by atoms with E-state index in [-0.39, 0.29) is 5.78 Å². The number of Topliss-reactive ketones (excluding diaryl/α,β-unsaturated/α-hetero) is 1. The number of nitriles is 1. The maximum Gasteiger partial charge on any atom is 0.161 e. The second kappa shape index (κ2) is 4.33. The summed E-state index contributed by atoms with van der Waals surface area (Å²) < 4.78 is 0.544. The van der Waals surface area contributed by atoms with E-state index in [2.05, 4.69) is 0 Å². The third kappa shape index (κ3) is 1.82. The number of nitrogens with zero attached hydrogens (tertiary/aromatic N) is 1. The smallest absolute Gasteiger partial charge is 0.161 e. The van der Waals surface area contributed by atoms with Crippen molar-refractivity contribution >= 4 is 34.7 Å². The molecule has 70 valence electrons. The van der Waals surface area contributed by atoms with Crippen LogP contribution in [0.3, 0.4) is 0 Å². The summed E-state index contributed by atoms with van der Waals surface area (Å²) in [6, 6.07) is 5.00. The summed E-state index contributed by atoms with van der Waals surface area (Å²) in [5, 5.41) is 8.73. The molecule has 0 saturated heterocycles. The van der Waals surface area contributed by atoms with E-state index in [0.29, 0.717) is 26.5 Å². The standard InChI is InChI=1S/C10H6INO2/c1-6(14)9-8(5-13)3-2-7(4-12)10(9)11/h2-3,5H,1H3. The number of hydrogen-bond acceptors (Lipinski definition) is 3. The molecule has 14 heavy (non-hydrogen) atoms. The van der Waals surface area contributed by atoms with Gasteiger partial charge in [0, 0.05) is 14.7 Å². The van der Waals surface area contributed by atoms with Gasteiger partial charge in [-0.25, -0.2) is 0 Å². The van der Waals surface area contributed by atoms with Crippen molar-refractivity contribution in [2.75, 3.05) is 0 Å². The van der Waals surface area contributed by atoms with E-state index in [0.717, 1.165) is 0 Å². The first kappa shape index (κ1) is 10.9. The van der Waals surface area contributed by atoms with Gasteiger partial charge in [0.1, 0.15) is 6.07 Å². The van der Waals surface area contributed by atoms with E-state index >= 15 is 0 Å².